The normalized spacial score (nSPS) is 6.56. The Morgan fingerprint density at radius 2 is 2.11 bits per heavy atom. The predicted octanol–water partition coefficient (Wildman–Crippen LogP) is -3.33. The largest absolute Gasteiger partial charge is 1.00 e. The molecular formula is C4H4NNaO3. The number of hydrogen-bond donors (Lipinski definition) is 1. The van der Waals surface area contributed by atoms with Gasteiger partial charge in [0.25, 0.3) is 5.78 Å². The minimum Gasteiger partial charge on any atom is -1.00 e. The van der Waals surface area contributed by atoms with E-state index in [4.69, 9.17) is 10.4 Å². The molecule has 0 saturated heterocycles. The quantitative estimate of drug-likeness (QED) is 0.319. The fraction of sp³-hybridized carbons (Fsp3) is 0.250. The van der Waals surface area contributed by atoms with Crippen LogP contribution in [-0.4, -0.2) is 16.9 Å². The van der Waals surface area contributed by atoms with E-state index in [1.165, 1.54) is 6.07 Å². The van der Waals surface area contributed by atoms with Crippen LogP contribution in [0, 0.1) is 11.3 Å². The van der Waals surface area contributed by atoms with Gasteiger partial charge in [-0.3, -0.25) is 4.79 Å². The van der Waals surface area contributed by atoms with Gasteiger partial charge in [0, 0.05) is 0 Å². The first-order valence-corrected chi connectivity index (χ1v) is 1.81. The van der Waals surface area contributed by atoms with E-state index in [0.29, 0.717) is 0 Å². The van der Waals surface area contributed by atoms with Crippen molar-refractivity contribution in [1.29, 1.82) is 5.26 Å². The number of aliphatic carboxylic acids is 1. The molecule has 0 aromatic heterocycles. The van der Waals surface area contributed by atoms with Gasteiger partial charge in [-0.2, -0.15) is 5.26 Å². The second-order valence-corrected chi connectivity index (χ2v) is 1.06. The molecule has 0 aliphatic carbocycles. The molecule has 0 amide bonds. The van der Waals surface area contributed by atoms with E-state index in [-0.39, 0.29) is 31.0 Å². The summed E-state index contributed by atoms with van der Waals surface area (Å²) in [6.45, 7) is 0. The fourth-order valence-electron chi connectivity index (χ4n) is 0.147. The maximum absolute atomic E-state index is 9.92. The van der Waals surface area contributed by atoms with Crippen LogP contribution in [-0.2, 0) is 9.59 Å². The Hall–Kier alpha value is -0.370. The Bertz CT molecular complexity index is 164. The number of carboxylic acids is 1. The minimum absolute atomic E-state index is 0. The third kappa shape index (κ3) is 5.50. The number of ketones is 1. The van der Waals surface area contributed by atoms with E-state index in [1.54, 1.807) is 0 Å². The van der Waals surface area contributed by atoms with E-state index in [1.807, 2.05) is 0 Å². The number of carbonyl (C=O) groups excluding carboxylic acids is 1. The zero-order chi connectivity index (χ0) is 6.57. The Labute approximate surface area is 75.2 Å². The summed E-state index contributed by atoms with van der Waals surface area (Å²) in [5.74, 6) is -2.61. The summed E-state index contributed by atoms with van der Waals surface area (Å²) in [5.41, 5.74) is 0. The molecule has 0 aromatic rings. The van der Waals surface area contributed by atoms with Gasteiger partial charge in [-0.15, -0.1) is 0 Å². The van der Waals surface area contributed by atoms with Crippen LogP contribution in [0.4, 0.5) is 0 Å². The van der Waals surface area contributed by atoms with E-state index >= 15 is 0 Å². The van der Waals surface area contributed by atoms with Crippen molar-refractivity contribution in [1.82, 2.24) is 0 Å². The van der Waals surface area contributed by atoms with Gasteiger partial charge < -0.3 is 6.53 Å². The van der Waals surface area contributed by atoms with E-state index in [0.717, 1.165) is 0 Å². The van der Waals surface area contributed by atoms with Crippen LogP contribution in [0.5, 0.6) is 0 Å². The molecule has 0 radical (unpaired) electrons. The second-order valence-electron chi connectivity index (χ2n) is 1.06. The van der Waals surface area contributed by atoms with Crippen molar-refractivity contribution in [3.63, 3.8) is 0 Å². The molecule has 0 spiro atoms. The maximum Gasteiger partial charge on any atom is 1.00 e. The molecule has 0 atom stereocenters. The molecule has 0 unspecified atom stereocenters. The second kappa shape index (κ2) is 5.76. The van der Waals surface area contributed by atoms with Crippen molar-refractivity contribution in [2.45, 2.75) is 6.42 Å². The molecule has 5 heteroatoms. The van der Waals surface area contributed by atoms with Crippen molar-refractivity contribution in [3.8, 4) is 6.07 Å². The fourth-order valence-corrected chi connectivity index (χ4v) is 0.147. The van der Waals surface area contributed by atoms with Crippen LogP contribution in [0.2, 0.25) is 0 Å². The molecule has 0 heterocycles. The maximum atomic E-state index is 9.92. The Morgan fingerprint density at radius 1 is 1.67 bits per heavy atom. The topological polar surface area (TPSA) is 78.2 Å². The number of nitriles is 1. The molecule has 1 N–H and O–H groups in total. The van der Waals surface area contributed by atoms with Crippen LogP contribution < -0.4 is 29.6 Å². The van der Waals surface area contributed by atoms with Gasteiger partial charge in [0.15, 0.2) is 0 Å². The summed E-state index contributed by atoms with van der Waals surface area (Å²) in [4.78, 5) is 19.5. The zero-order valence-corrected chi connectivity index (χ0v) is 6.92. The van der Waals surface area contributed by atoms with Gasteiger partial charge in [0.05, 0.1) is 6.07 Å². The van der Waals surface area contributed by atoms with Crippen molar-refractivity contribution >= 4 is 11.8 Å². The first kappa shape index (κ1) is 11.4. The minimum atomic E-state index is -1.55. The molecule has 0 saturated carbocycles. The summed E-state index contributed by atoms with van der Waals surface area (Å²) < 4.78 is 0. The Balaban J connectivity index is -0.000000245. The van der Waals surface area contributed by atoms with Crippen LogP contribution in [0.3, 0.4) is 0 Å². The molecule has 0 aromatic carbocycles. The molecule has 0 aliphatic heterocycles. The molecular weight excluding hydrogens is 133 g/mol. The molecule has 0 fully saturated rings. The van der Waals surface area contributed by atoms with Crippen LogP contribution in [0.1, 0.15) is 7.85 Å². The average Bonchev–Trinajstić information content (AvgIpc) is 1.67. The number of Topliss-reactive ketones (excluding diaryl/α,β-unsaturated/α-hetero) is 1. The first-order chi connectivity index (χ1) is 3.68. The van der Waals surface area contributed by atoms with Crippen molar-refractivity contribution in [2.75, 3.05) is 0 Å². The van der Waals surface area contributed by atoms with Gasteiger partial charge in [-0.1, -0.05) is 0 Å². The van der Waals surface area contributed by atoms with E-state index in [9.17, 15) is 9.59 Å². The molecule has 0 rings (SSSR count). The molecule has 9 heavy (non-hydrogen) atoms. The number of hydrogen-bond acceptors (Lipinski definition) is 3. The van der Waals surface area contributed by atoms with E-state index in [2.05, 4.69) is 0 Å². The molecule has 4 nitrogen and oxygen atoms in total. The van der Waals surface area contributed by atoms with Crippen molar-refractivity contribution in [2.24, 2.45) is 0 Å². The first-order valence-electron chi connectivity index (χ1n) is 1.81. The third-order valence-electron chi connectivity index (χ3n) is 0.478. The van der Waals surface area contributed by atoms with Gasteiger partial charge in [0.2, 0.25) is 0 Å². The molecule has 44 valence electrons. The summed E-state index contributed by atoms with van der Waals surface area (Å²) in [6.07, 6.45) is -0.546. The SMILES string of the molecule is N#CCC(=O)C(=O)O.[H-].[Na+]. The van der Waals surface area contributed by atoms with Crippen LogP contribution in [0.25, 0.3) is 0 Å². The number of nitrogens with zero attached hydrogens (tertiary/aromatic N) is 1. The third-order valence-corrected chi connectivity index (χ3v) is 0.478. The van der Waals surface area contributed by atoms with Gasteiger partial charge in [0.1, 0.15) is 6.42 Å². The Kier molecular flexibility index (Phi) is 7.32. The molecule has 0 bridgehead atoms. The summed E-state index contributed by atoms with van der Waals surface area (Å²) in [7, 11) is 0. The smallest absolute Gasteiger partial charge is 1.00 e. The Morgan fingerprint density at radius 3 is 2.22 bits per heavy atom. The number of carboxylic acid groups (broad SMARTS) is 1. The summed E-state index contributed by atoms with van der Waals surface area (Å²) >= 11 is 0. The predicted molar refractivity (Wildman–Crippen MR) is 24.0 cm³/mol. The zero-order valence-electron chi connectivity index (χ0n) is 5.92. The van der Waals surface area contributed by atoms with E-state index < -0.39 is 18.2 Å². The van der Waals surface area contributed by atoms with Gasteiger partial charge in [-0.25, -0.2) is 4.79 Å². The van der Waals surface area contributed by atoms with Crippen molar-refractivity contribution in [3.05, 3.63) is 0 Å². The van der Waals surface area contributed by atoms with Crippen molar-refractivity contribution < 1.29 is 45.7 Å². The summed E-state index contributed by atoms with van der Waals surface area (Å²) in [5, 5.41) is 15.6. The van der Waals surface area contributed by atoms with Gasteiger partial charge >= 0.3 is 35.5 Å². The van der Waals surface area contributed by atoms with Crippen LogP contribution in [0.15, 0.2) is 0 Å². The standard InChI is InChI=1S/C4H3NO3.Na.H/c5-2-1-3(6)4(7)8;;/h1H2,(H,7,8);;/q;+1;-1. The van der Waals surface area contributed by atoms with Gasteiger partial charge in [-0.05, 0) is 0 Å². The van der Waals surface area contributed by atoms with Crippen LogP contribution >= 0.6 is 0 Å². The monoisotopic (exact) mass is 137 g/mol. The number of carbonyl (C=O) groups is 2. The number of rotatable bonds is 2. The average molecular weight is 137 g/mol. The summed E-state index contributed by atoms with van der Waals surface area (Å²) in [6, 6.07) is 1.42. The molecule has 0 aliphatic rings.